The molecule has 0 spiro atoms. The van der Waals surface area contributed by atoms with Crippen LogP contribution in [0.1, 0.15) is 6.42 Å². The third-order valence-corrected chi connectivity index (χ3v) is 4.78. The van der Waals surface area contributed by atoms with E-state index in [2.05, 4.69) is 15.2 Å². The topological polar surface area (TPSA) is 54.3 Å². The maximum absolute atomic E-state index is 13.0. The SMILES string of the molecule is O=C(CCn1nnc2ccccc21)N1CCN(c2ccc(F)cc2)CC1. The monoisotopic (exact) mass is 353 g/mol. The first kappa shape index (κ1) is 16.5. The molecular weight excluding hydrogens is 333 g/mol. The van der Waals surface area contributed by atoms with E-state index >= 15 is 0 Å². The molecule has 1 saturated heterocycles. The van der Waals surface area contributed by atoms with E-state index < -0.39 is 0 Å². The molecule has 1 aliphatic heterocycles. The normalized spacial score (nSPS) is 14.8. The van der Waals surface area contributed by atoms with Gasteiger partial charge in [0.15, 0.2) is 0 Å². The van der Waals surface area contributed by atoms with Gasteiger partial charge in [-0.25, -0.2) is 9.07 Å². The number of halogens is 1. The van der Waals surface area contributed by atoms with Gasteiger partial charge >= 0.3 is 0 Å². The zero-order valence-electron chi connectivity index (χ0n) is 14.4. The highest BCUT2D eigenvalue weighted by Gasteiger charge is 2.21. The minimum absolute atomic E-state index is 0.128. The van der Waals surface area contributed by atoms with Gasteiger partial charge in [-0.1, -0.05) is 17.3 Å². The summed E-state index contributed by atoms with van der Waals surface area (Å²) in [7, 11) is 0. The van der Waals surface area contributed by atoms with Crippen molar-refractivity contribution in [3.8, 4) is 0 Å². The van der Waals surface area contributed by atoms with Crippen molar-refractivity contribution in [3.05, 3.63) is 54.3 Å². The van der Waals surface area contributed by atoms with Crippen LogP contribution in [0.5, 0.6) is 0 Å². The highest BCUT2D eigenvalue weighted by Crippen LogP contribution is 2.17. The molecule has 0 unspecified atom stereocenters. The second-order valence-corrected chi connectivity index (χ2v) is 6.40. The Bertz CT molecular complexity index is 900. The minimum atomic E-state index is -0.233. The quantitative estimate of drug-likeness (QED) is 0.722. The summed E-state index contributed by atoms with van der Waals surface area (Å²) in [4.78, 5) is 16.6. The zero-order chi connectivity index (χ0) is 17.9. The van der Waals surface area contributed by atoms with Crippen molar-refractivity contribution >= 4 is 22.6 Å². The predicted molar refractivity (Wildman–Crippen MR) is 97.3 cm³/mol. The Morgan fingerprint density at radius 1 is 1.00 bits per heavy atom. The van der Waals surface area contributed by atoms with Crippen LogP contribution >= 0.6 is 0 Å². The second-order valence-electron chi connectivity index (χ2n) is 6.40. The number of benzene rings is 2. The van der Waals surface area contributed by atoms with Gasteiger partial charge in [-0.05, 0) is 36.4 Å². The number of carbonyl (C=O) groups excluding carboxylic acids is 1. The molecule has 0 bridgehead atoms. The van der Waals surface area contributed by atoms with Crippen LogP contribution in [-0.2, 0) is 11.3 Å². The molecule has 2 aromatic carbocycles. The Hall–Kier alpha value is -2.96. The first-order valence-electron chi connectivity index (χ1n) is 8.77. The van der Waals surface area contributed by atoms with Crippen LogP contribution in [0.2, 0.25) is 0 Å². The average molecular weight is 353 g/mol. The lowest BCUT2D eigenvalue weighted by molar-refractivity contribution is -0.131. The highest BCUT2D eigenvalue weighted by molar-refractivity contribution is 5.77. The molecule has 4 rings (SSSR count). The van der Waals surface area contributed by atoms with Crippen molar-refractivity contribution in [2.45, 2.75) is 13.0 Å². The first-order chi connectivity index (χ1) is 12.7. The molecule has 1 aliphatic rings. The van der Waals surface area contributed by atoms with Gasteiger partial charge in [-0.2, -0.15) is 0 Å². The number of carbonyl (C=O) groups is 1. The molecule has 0 aliphatic carbocycles. The summed E-state index contributed by atoms with van der Waals surface area (Å²) in [5.74, 6) is -0.105. The summed E-state index contributed by atoms with van der Waals surface area (Å²) in [6.45, 7) is 3.38. The molecule has 0 atom stereocenters. The van der Waals surface area contributed by atoms with Gasteiger partial charge in [-0.15, -0.1) is 5.10 Å². The molecule has 7 heteroatoms. The minimum Gasteiger partial charge on any atom is -0.368 e. The third kappa shape index (κ3) is 3.37. The van der Waals surface area contributed by atoms with Crippen LogP contribution in [0.4, 0.5) is 10.1 Å². The fraction of sp³-hybridized carbons (Fsp3) is 0.316. The lowest BCUT2D eigenvalue weighted by atomic mass is 10.2. The number of anilines is 1. The van der Waals surface area contributed by atoms with Crippen molar-refractivity contribution < 1.29 is 9.18 Å². The lowest BCUT2D eigenvalue weighted by Gasteiger charge is -2.36. The maximum atomic E-state index is 13.0. The summed E-state index contributed by atoms with van der Waals surface area (Å²) >= 11 is 0. The van der Waals surface area contributed by atoms with Gasteiger partial charge in [0.05, 0.1) is 12.1 Å². The molecule has 3 aromatic rings. The predicted octanol–water partition coefficient (Wildman–Crippen LogP) is 2.31. The van der Waals surface area contributed by atoms with Gasteiger partial charge in [0.1, 0.15) is 11.3 Å². The Morgan fingerprint density at radius 3 is 2.50 bits per heavy atom. The van der Waals surface area contributed by atoms with Crippen molar-refractivity contribution in [2.75, 3.05) is 31.1 Å². The van der Waals surface area contributed by atoms with Gasteiger partial charge in [0.25, 0.3) is 0 Å². The Balaban J connectivity index is 1.31. The van der Waals surface area contributed by atoms with E-state index in [1.165, 1.54) is 12.1 Å². The number of para-hydroxylation sites is 1. The Kier molecular flexibility index (Phi) is 4.51. The van der Waals surface area contributed by atoms with Gasteiger partial charge < -0.3 is 9.80 Å². The van der Waals surface area contributed by atoms with Crippen LogP contribution in [0.15, 0.2) is 48.5 Å². The summed E-state index contributed by atoms with van der Waals surface area (Å²) in [5.41, 5.74) is 2.78. The number of aromatic nitrogens is 3. The highest BCUT2D eigenvalue weighted by atomic mass is 19.1. The molecule has 1 fully saturated rings. The number of hydrogen-bond acceptors (Lipinski definition) is 4. The van der Waals surface area contributed by atoms with E-state index in [0.29, 0.717) is 26.1 Å². The van der Waals surface area contributed by atoms with Gasteiger partial charge in [-0.3, -0.25) is 4.79 Å². The van der Waals surface area contributed by atoms with Crippen LogP contribution in [-0.4, -0.2) is 52.0 Å². The van der Waals surface area contributed by atoms with E-state index in [1.807, 2.05) is 29.2 Å². The van der Waals surface area contributed by atoms with Crippen LogP contribution in [0, 0.1) is 5.82 Å². The number of aryl methyl sites for hydroxylation is 1. The second kappa shape index (κ2) is 7.11. The average Bonchev–Trinajstić information content (AvgIpc) is 3.10. The summed E-state index contributed by atoms with van der Waals surface area (Å²) in [5, 5.41) is 8.24. The number of rotatable bonds is 4. The summed E-state index contributed by atoms with van der Waals surface area (Å²) < 4.78 is 14.8. The van der Waals surface area contributed by atoms with Crippen molar-refractivity contribution in [1.29, 1.82) is 0 Å². The zero-order valence-corrected chi connectivity index (χ0v) is 14.4. The van der Waals surface area contributed by atoms with Crippen molar-refractivity contribution in [2.24, 2.45) is 0 Å². The van der Waals surface area contributed by atoms with Crippen LogP contribution < -0.4 is 4.90 Å². The van der Waals surface area contributed by atoms with Gasteiger partial charge in [0, 0.05) is 38.3 Å². The molecule has 0 radical (unpaired) electrons. The number of piperazine rings is 1. The lowest BCUT2D eigenvalue weighted by Crippen LogP contribution is -2.49. The largest absolute Gasteiger partial charge is 0.368 e. The standard InChI is InChI=1S/C19H20FN5O/c20-15-5-7-16(8-6-15)23-11-13-24(14-12-23)19(26)9-10-25-18-4-2-1-3-17(18)21-22-25/h1-8H,9-14H2. The molecule has 0 N–H and O–H groups in total. The molecular formula is C19H20FN5O. The molecule has 2 heterocycles. The van der Waals surface area contributed by atoms with Crippen LogP contribution in [0.3, 0.4) is 0 Å². The van der Waals surface area contributed by atoms with Crippen molar-refractivity contribution in [3.63, 3.8) is 0 Å². The van der Waals surface area contributed by atoms with E-state index in [4.69, 9.17) is 0 Å². The molecule has 1 aromatic heterocycles. The molecule has 0 saturated carbocycles. The van der Waals surface area contributed by atoms with E-state index in [-0.39, 0.29) is 11.7 Å². The number of amides is 1. The molecule has 134 valence electrons. The summed E-state index contributed by atoms with van der Waals surface area (Å²) in [6.07, 6.45) is 0.407. The Morgan fingerprint density at radius 2 is 1.73 bits per heavy atom. The molecule has 1 amide bonds. The first-order valence-corrected chi connectivity index (χ1v) is 8.77. The van der Waals surface area contributed by atoms with E-state index in [1.54, 1.807) is 16.8 Å². The number of nitrogens with zero attached hydrogens (tertiary/aromatic N) is 5. The number of hydrogen-bond donors (Lipinski definition) is 0. The van der Waals surface area contributed by atoms with Crippen LogP contribution in [0.25, 0.3) is 11.0 Å². The fourth-order valence-corrected chi connectivity index (χ4v) is 3.31. The Labute approximate surface area is 150 Å². The molecule has 6 nitrogen and oxygen atoms in total. The van der Waals surface area contributed by atoms with E-state index in [9.17, 15) is 9.18 Å². The summed E-state index contributed by atoms with van der Waals surface area (Å²) in [6, 6.07) is 14.2. The third-order valence-electron chi connectivity index (χ3n) is 4.78. The smallest absolute Gasteiger partial charge is 0.224 e. The maximum Gasteiger partial charge on any atom is 0.224 e. The molecule has 26 heavy (non-hydrogen) atoms. The number of fused-ring (bicyclic) bond motifs is 1. The van der Waals surface area contributed by atoms with Crippen molar-refractivity contribution in [1.82, 2.24) is 19.9 Å². The fourth-order valence-electron chi connectivity index (χ4n) is 3.31. The van der Waals surface area contributed by atoms with E-state index in [0.717, 1.165) is 29.8 Å². The van der Waals surface area contributed by atoms with Gasteiger partial charge in [0.2, 0.25) is 5.91 Å².